The lowest BCUT2D eigenvalue weighted by atomic mass is 10.1. The molecule has 21 heteroatoms. The number of benzene rings is 3. The number of nitrogens with zero attached hydrogens (tertiary/aromatic N) is 7. The van der Waals surface area contributed by atoms with Gasteiger partial charge in [0.25, 0.3) is 21.4 Å². The minimum absolute atomic E-state index is 0.0380. The molecule has 0 saturated carbocycles. The average Bonchev–Trinajstić information content (AvgIpc) is 3.25. The third kappa shape index (κ3) is 12.8. The van der Waals surface area contributed by atoms with E-state index in [0.29, 0.717) is 37.3 Å². The van der Waals surface area contributed by atoms with E-state index < -0.39 is 58.8 Å². The second-order valence-corrected chi connectivity index (χ2v) is 20.4. The Morgan fingerprint density at radius 3 is 1.82 bits per heavy atom. The molecule has 1 saturated heterocycles. The van der Waals surface area contributed by atoms with Crippen LogP contribution < -0.4 is 0 Å². The van der Waals surface area contributed by atoms with Gasteiger partial charge in [0.2, 0.25) is 10.0 Å². The monoisotopic (exact) mass is 915 g/mol. The van der Waals surface area contributed by atoms with Gasteiger partial charge in [-0.15, -0.1) is 0 Å². The molecule has 1 fully saturated rings. The van der Waals surface area contributed by atoms with Crippen molar-refractivity contribution < 1.29 is 40.3 Å². The Morgan fingerprint density at radius 1 is 0.661 bits per heavy atom. The molecule has 1 aliphatic heterocycles. The van der Waals surface area contributed by atoms with E-state index in [4.69, 9.17) is 9.05 Å². The molecule has 336 valence electrons. The van der Waals surface area contributed by atoms with Crippen molar-refractivity contribution in [2.75, 3.05) is 52.5 Å². The zero-order valence-corrected chi connectivity index (χ0v) is 37.5. The average molecular weight is 916 g/mol. The zero-order valence-electron chi connectivity index (χ0n) is 34.9. The molecule has 2 heterocycles. The van der Waals surface area contributed by atoms with E-state index >= 15 is 0 Å². The van der Waals surface area contributed by atoms with Crippen molar-refractivity contribution in [1.29, 1.82) is 0 Å². The molecular formula is C41H54N7O11PS2. The third-order valence-corrected chi connectivity index (χ3v) is 16.4. The van der Waals surface area contributed by atoms with Gasteiger partial charge in [0, 0.05) is 64.1 Å². The lowest BCUT2D eigenvalue weighted by Crippen LogP contribution is -2.41. The summed E-state index contributed by atoms with van der Waals surface area (Å²) in [7, 11) is -12.6. The lowest BCUT2D eigenvalue weighted by molar-refractivity contribution is -0.388. The number of nitro groups is 2. The van der Waals surface area contributed by atoms with Gasteiger partial charge in [-0.05, 0) is 68.6 Å². The first-order valence-corrected chi connectivity index (χ1v) is 24.9. The van der Waals surface area contributed by atoms with Gasteiger partial charge in [-0.1, -0.05) is 73.9 Å². The molecule has 0 amide bonds. The predicted molar refractivity (Wildman–Crippen MR) is 233 cm³/mol. The van der Waals surface area contributed by atoms with Crippen molar-refractivity contribution in [3.63, 3.8) is 0 Å². The number of sulfonamides is 2. The van der Waals surface area contributed by atoms with Gasteiger partial charge < -0.3 is 0 Å². The van der Waals surface area contributed by atoms with Gasteiger partial charge in [0.15, 0.2) is 9.79 Å². The standard InChI is InChI=1S/C41H54N7O11PS2/c1-3-58-60(53,59-4-2)44-29-28-43(26-14-6-5-7-15-27-45(31-30-44)61(54,55)40-19-10-8-17-38(40)47(49)50)32-35-21-23-36(24-22-35)33-46(34-37-16-12-13-25-42-37)62(56,57)41-20-11-9-18-39(41)48(51)52/h8-13,16-25H,3-7,14-15,26-34H2,1-2H3. The highest BCUT2D eigenvalue weighted by Crippen LogP contribution is 2.51. The second kappa shape index (κ2) is 22.7. The molecule has 4 aromatic rings. The van der Waals surface area contributed by atoms with E-state index in [-0.39, 0.29) is 52.5 Å². The van der Waals surface area contributed by atoms with Crippen molar-refractivity contribution in [2.24, 2.45) is 0 Å². The summed E-state index contributed by atoms with van der Waals surface area (Å²) in [6.45, 7) is 5.05. The first-order chi connectivity index (χ1) is 29.7. The second-order valence-electron chi connectivity index (χ2n) is 14.6. The lowest BCUT2D eigenvalue weighted by Gasteiger charge is -2.33. The van der Waals surface area contributed by atoms with Gasteiger partial charge in [-0.25, -0.2) is 26.1 Å². The Balaban J connectivity index is 1.38. The van der Waals surface area contributed by atoms with Crippen LogP contribution in [-0.4, -0.2) is 102 Å². The summed E-state index contributed by atoms with van der Waals surface area (Å²) in [5.74, 6) is 0. The Morgan fingerprint density at radius 2 is 1.21 bits per heavy atom. The molecule has 0 radical (unpaired) electrons. The van der Waals surface area contributed by atoms with E-state index in [9.17, 15) is 41.6 Å². The molecule has 0 atom stereocenters. The highest BCUT2D eigenvalue weighted by Gasteiger charge is 2.37. The Bertz CT molecular complexity index is 2370. The first-order valence-electron chi connectivity index (χ1n) is 20.5. The van der Waals surface area contributed by atoms with E-state index in [1.165, 1.54) is 49.7 Å². The minimum atomic E-state index is -4.36. The van der Waals surface area contributed by atoms with Crippen LogP contribution in [0.15, 0.2) is 107 Å². The molecule has 1 aromatic heterocycles. The van der Waals surface area contributed by atoms with Crippen molar-refractivity contribution >= 4 is 39.2 Å². The molecule has 0 bridgehead atoms. The van der Waals surface area contributed by atoms with Crippen LogP contribution in [0.25, 0.3) is 0 Å². The zero-order chi connectivity index (χ0) is 44.8. The van der Waals surface area contributed by atoms with Crippen molar-refractivity contribution in [1.82, 2.24) is 23.2 Å². The van der Waals surface area contributed by atoms with Gasteiger partial charge in [0.1, 0.15) is 0 Å². The van der Waals surface area contributed by atoms with Crippen LogP contribution in [0.2, 0.25) is 0 Å². The third-order valence-electron chi connectivity index (χ3n) is 10.3. The molecule has 3 aromatic carbocycles. The highest BCUT2D eigenvalue weighted by atomic mass is 32.2. The summed E-state index contributed by atoms with van der Waals surface area (Å²) in [6.07, 6.45) is 5.35. The van der Waals surface area contributed by atoms with E-state index in [0.717, 1.165) is 43.4 Å². The van der Waals surface area contributed by atoms with Crippen molar-refractivity contribution in [3.05, 3.63) is 134 Å². The predicted octanol–water partition coefficient (Wildman–Crippen LogP) is 7.23. The van der Waals surface area contributed by atoms with Crippen LogP contribution in [0.4, 0.5) is 11.4 Å². The SMILES string of the molecule is CCOP(=O)(OCC)N1CCN(Cc2ccc(CN(Cc3ccccn3)S(=O)(=O)c3ccccc3[N+](=O)[O-])cc2)CCCCCCCN(S(=O)(=O)c2ccccc2[N+](=O)[O-])CC1. The summed E-state index contributed by atoms with van der Waals surface area (Å²) >= 11 is 0. The number of pyridine rings is 1. The fourth-order valence-electron chi connectivity index (χ4n) is 7.18. The number of hydrogen-bond donors (Lipinski definition) is 0. The summed E-state index contributed by atoms with van der Waals surface area (Å²) in [5.41, 5.74) is 0.985. The topological polar surface area (TPSA) is 216 Å². The number of nitro benzene ring substituents is 2. The molecule has 1 aliphatic rings. The Hall–Kier alpha value is -4.50. The van der Waals surface area contributed by atoms with E-state index in [1.807, 2.05) is 24.3 Å². The van der Waals surface area contributed by atoms with Crippen LogP contribution in [-0.2, 0) is 53.3 Å². The number of rotatable bonds is 17. The molecular weight excluding hydrogens is 862 g/mol. The maximum atomic E-state index is 14.3. The van der Waals surface area contributed by atoms with E-state index in [1.54, 1.807) is 38.2 Å². The molecule has 18 nitrogen and oxygen atoms in total. The summed E-state index contributed by atoms with van der Waals surface area (Å²) in [5, 5.41) is 23.7. The molecule has 62 heavy (non-hydrogen) atoms. The number of para-hydroxylation sites is 2. The van der Waals surface area contributed by atoms with Crippen molar-refractivity contribution in [3.8, 4) is 0 Å². The van der Waals surface area contributed by atoms with Crippen LogP contribution in [0, 0.1) is 20.2 Å². The maximum Gasteiger partial charge on any atom is 0.408 e. The quantitative estimate of drug-likeness (QED) is 0.0580. The minimum Gasteiger partial charge on any atom is -0.298 e. The normalized spacial score (nSPS) is 16.2. The summed E-state index contributed by atoms with van der Waals surface area (Å²) in [4.78, 5) is 27.9. The molecule has 0 N–H and O–H groups in total. The molecule has 0 unspecified atom stereocenters. The summed E-state index contributed by atoms with van der Waals surface area (Å²) in [6, 6.07) is 23.0. The Kier molecular flexibility index (Phi) is 17.8. The van der Waals surface area contributed by atoms with Gasteiger partial charge in [0.05, 0.1) is 35.3 Å². The largest absolute Gasteiger partial charge is 0.408 e. The van der Waals surface area contributed by atoms with Gasteiger partial charge in [-0.3, -0.25) is 39.2 Å². The maximum absolute atomic E-state index is 14.3. The molecule has 0 aliphatic carbocycles. The van der Waals surface area contributed by atoms with E-state index in [2.05, 4.69) is 9.88 Å². The Labute approximate surface area is 363 Å². The first kappa shape index (κ1) is 48.5. The highest BCUT2D eigenvalue weighted by molar-refractivity contribution is 7.89. The smallest absolute Gasteiger partial charge is 0.298 e. The fourth-order valence-corrected chi connectivity index (χ4v) is 12.1. The van der Waals surface area contributed by atoms with Crippen molar-refractivity contribution in [2.45, 2.75) is 75.4 Å². The summed E-state index contributed by atoms with van der Waals surface area (Å²) < 4.78 is 85.9. The number of hydrogen-bond acceptors (Lipinski definition) is 13. The van der Waals surface area contributed by atoms with Crippen LogP contribution >= 0.6 is 7.75 Å². The van der Waals surface area contributed by atoms with Crippen LogP contribution in [0.1, 0.15) is 62.8 Å². The fraction of sp³-hybridized carbons (Fsp3) is 0.439. The number of aromatic nitrogens is 1. The molecule has 0 spiro atoms. The van der Waals surface area contributed by atoms with Gasteiger partial charge in [-0.2, -0.15) is 8.61 Å². The van der Waals surface area contributed by atoms with Gasteiger partial charge >= 0.3 is 7.75 Å². The van der Waals surface area contributed by atoms with Crippen LogP contribution in [0.3, 0.4) is 0 Å². The molecule has 5 rings (SSSR count). The van der Waals surface area contributed by atoms with Crippen LogP contribution in [0.5, 0.6) is 0 Å².